The van der Waals surface area contributed by atoms with E-state index in [0.29, 0.717) is 24.1 Å². The number of ether oxygens (including phenoxy) is 1. The predicted molar refractivity (Wildman–Crippen MR) is 148 cm³/mol. The van der Waals surface area contributed by atoms with E-state index in [4.69, 9.17) is 4.74 Å². The third kappa shape index (κ3) is 6.37. The SMILES string of the molecule is CCCNS(=O)(=O)c1ccc(Oc2cccc(-c3c4cccc(C(F)(F)F)c4nn3Cc3c(F)cc(F)cc3F)c2)cc1. The van der Waals surface area contributed by atoms with E-state index in [9.17, 15) is 34.8 Å². The summed E-state index contributed by atoms with van der Waals surface area (Å²) in [6.45, 7) is 1.48. The summed E-state index contributed by atoms with van der Waals surface area (Å²) >= 11 is 0. The molecule has 4 aromatic carbocycles. The lowest BCUT2D eigenvalue weighted by Gasteiger charge is -2.12. The first-order chi connectivity index (χ1) is 20.4. The van der Waals surface area contributed by atoms with Crippen molar-refractivity contribution in [2.24, 2.45) is 0 Å². The van der Waals surface area contributed by atoms with Crippen LogP contribution in [-0.4, -0.2) is 24.7 Å². The molecule has 224 valence electrons. The average molecular weight is 620 g/mol. The summed E-state index contributed by atoms with van der Waals surface area (Å²) in [6.07, 6.45) is -4.14. The number of hydrogen-bond donors (Lipinski definition) is 1. The van der Waals surface area contributed by atoms with Crippen LogP contribution in [0.3, 0.4) is 0 Å². The van der Waals surface area contributed by atoms with Gasteiger partial charge in [0.05, 0.1) is 22.7 Å². The molecule has 0 bridgehead atoms. The van der Waals surface area contributed by atoms with E-state index in [1.165, 1.54) is 42.5 Å². The topological polar surface area (TPSA) is 73.2 Å². The minimum Gasteiger partial charge on any atom is -0.457 e. The fraction of sp³-hybridized carbons (Fsp3) is 0.167. The van der Waals surface area contributed by atoms with Crippen molar-refractivity contribution in [2.75, 3.05) is 6.54 Å². The average Bonchev–Trinajstić information content (AvgIpc) is 3.32. The number of halogens is 6. The maximum Gasteiger partial charge on any atom is 0.418 e. The van der Waals surface area contributed by atoms with Crippen LogP contribution in [0.5, 0.6) is 11.5 Å². The Kier molecular flexibility index (Phi) is 8.21. The number of aromatic nitrogens is 2. The van der Waals surface area contributed by atoms with Gasteiger partial charge in [-0.15, -0.1) is 0 Å². The molecule has 0 aliphatic rings. The third-order valence-electron chi connectivity index (χ3n) is 6.51. The molecule has 6 nitrogen and oxygen atoms in total. The molecule has 0 spiro atoms. The van der Waals surface area contributed by atoms with Crippen LogP contribution in [0.1, 0.15) is 24.5 Å². The van der Waals surface area contributed by atoms with Crippen LogP contribution in [0.2, 0.25) is 0 Å². The Bertz CT molecular complexity index is 1880. The number of alkyl halides is 3. The van der Waals surface area contributed by atoms with Gasteiger partial charge in [0.25, 0.3) is 0 Å². The molecule has 0 unspecified atom stereocenters. The molecule has 0 radical (unpaired) electrons. The van der Waals surface area contributed by atoms with Gasteiger partial charge in [-0.2, -0.15) is 18.3 Å². The number of nitrogens with zero attached hydrogens (tertiary/aromatic N) is 2. The number of hydrogen-bond acceptors (Lipinski definition) is 4. The zero-order chi connectivity index (χ0) is 30.9. The smallest absolute Gasteiger partial charge is 0.418 e. The lowest BCUT2D eigenvalue weighted by molar-refractivity contribution is -0.136. The molecule has 5 aromatic rings. The predicted octanol–water partition coefficient (Wildman–Crippen LogP) is 7.67. The first-order valence-corrected chi connectivity index (χ1v) is 14.4. The molecule has 1 aromatic heterocycles. The van der Waals surface area contributed by atoms with Gasteiger partial charge >= 0.3 is 6.18 Å². The van der Waals surface area contributed by atoms with Crippen molar-refractivity contribution in [1.29, 1.82) is 0 Å². The van der Waals surface area contributed by atoms with Gasteiger partial charge in [0.15, 0.2) is 0 Å². The maximum absolute atomic E-state index is 14.6. The van der Waals surface area contributed by atoms with Gasteiger partial charge in [-0.05, 0) is 48.9 Å². The van der Waals surface area contributed by atoms with Crippen molar-refractivity contribution in [1.82, 2.24) is 14.5 Å². The van der Waals surface area contributed by atoms with Crippen molar-refractivity contribution >= 4 is 20.9 Å². The molecule has 5 rings (SSSR count). The summed E-state index contributed by atoms with van der Waals surface area (Å²) in [7, 11) is -3.69. The Morgan fingerprint density at radius 2 is 1.56 bits per heavy atom. The van der Waals surface area contributed by atoms with E-state index in [0.717, 1.165) is 10.7 Å². The fourth-order valence-corrected chi connectivity index (χ4v) is 5.66. The van der Waals surface area contributed by atoms with E-state index in [-0.39, 0.29) is 34.0 Å². The lowest BCUT2D eigenvalue weighted by Crippen LogP contribution is -2.24. The highest BCUT2D eigenvalue weighted by Gasteiger charge is 2.35. The second-order valence-electron chi connectivity index (χ2n) is 9.55. The van der Waals surface area contributed by atoms with Crippen LogP contribution >= 0.6 is 0 Å². The summed E-state index contributed by atoms with van der Waals surface area (Å²) in [6, 6.07) is 16.2. The van der Waals surface area contributed by atoms with Gasteiger partial charge < -0.3 is 4.74 Å². The molecular formula is C30H23F6N3O3S. The van der Waals surface area contributed by atoms with Gasteiger partial charge in [0.2, 0.25) is 10.0 Å². The van der Waals surface area contributed by atoms with Crippen LogP contribution in [0.4, 0.5) is 26.3 Å². The molecule has 0 aliphatic heterocycles. The monoisotopic (exact) mass is 619 g/mol. The number of sulfonamides is 1. The summed E-state index contributed by atoms with van der Waals surface area (Å²) in [5.41, 5.74) is -1.64. The van der Waals surface area contributed by atoms with Gasteiger partial charge in [0.1, 0.15) is 34.5 Å². The van der Waals surface area contributed by atoms with Crippen molar-refractivity contribution < 1.29 is 39.5 Å². The van der Waals surface area contributed by atoms with E-state index in [1.807, 2.05) is 6.92 Å². The van der Waals surface area contributed by atoms with Gasteiger partial charge in [-0.3, -0.25) is 4.68 Å². The van der Waals surface area contributed by atoms with E-state index >= 15 is 0 Å². The Morgan fingerprint density at radius 3 is 2.21 bits per heavy atom. The zero-order valence-corrected chi connectivity index (χ0v) is 23.2. The zero-order valence-electron chi connectivity index (χ0n) is 22.4. The molecule has 0 amide bonds. The molecule has 0 aliphatic carbocycles. The van der Waals surface area contributed by atoms with Crippen LogP contribution in [0.15, 0.2) is 83.8 Å². The van der Waals surface area contributed by atoms with Crippen LogP contribution in [-0.2, 0) is 22.7 Å². The highest BCUT2D eigenvalue weighted by atomic mass is 32.2. The lowest BCUT2D eigenvalue weighted by atomic mass is 10.0. The number of benzene rings is 4. The Morgan fingerprint density at radius 1 is 0.884 bits per heavy atom. The quantitative estimate of drug-likeness (QED) is 0.172. The first kappa shape index (κ1) is 30.1. The molecule has 13 heteroatoms. The summed E-state index contributed by atoms with van der Waals surface area (Å²) in [5.74, 6) is -3.06. The molecule has 43 heavy (non-hydrogen) atoms. The van der Waals surface area contributed by atoms with Crippen LogP contribution in [0.25, 0.3) is 22.2 Å². The summed E-state index contributed by atoms with van der Waals surface area (Å²) < 4.78 is 118. The van der Waals surface area contributed by atoms with Crippen molar-refractivity contribution in [2.45, 2.75) is 31.0 Å². The molecule has 1 N–H and O–H groups in total. The maximum atomic E-state index is 14.6. The highest BCUT2D eigenvalue weighted by molar-refractivity contribution is 7.89. The molecule has 0 saturated heterocycles. The van der Waals surface area contributed by atoms with Crippen molar-refractivity contribution in [3.63, 3.8) is 0 Å². The molecule has 0 atom stereocenters. The van der Waals surface area contributed by atoms with Crippen molar-refractivity contribution in [3.8, 4) is 22.8 Å². The Hall–Kier alpha value is -4.36. The van der Waals surface area contributed by atoms with E-state index in [2.05, 4.69) is 9.82 Å². The van der Waals surface area contributed by atoms with Crippen LogP contribution < -0.4 is 9.46 Å². The first-order valence-electron chi connectivity index (χ1n) is 13.0. The third-order valence-corrected chi connectivity index (χ3v) is 7.99. The summed E-state index contributed by atoms with van der Waals surface area (Å²) in [5, 5.41) is 4.15. The number of nitrogens with one attached hydrogen (secondary N) is 1. The molecule has 0 saturated carbocycles. The molecular weight excluding hydrogens is 596 g/mol. The Balaban J connectivity index is 1.56. The van der Waals surface area contributed by atoms with Crippen molar-refractivity contribution in [3.05, 3.63) is 107 Å². The second kappa shape index (κ2) is 11.7. The molecule has 0 fully saturated rings. The molecule has 1 heterocycles. The summed E-state index contributed by atoms with van der Waals surface area (Å²) in [4.78, 5) is 0.0400. The Labute approximate surface area is 242 Å². The normalized spacial score (nSPS) is 12.2. The van der Waals surface area contributed by atoms with Gasteiger partial charge in [-0.1, -0.05) is 31.2 Å². The van der Waals surface area contributed by atoms with Gasteiger partial charge in [-0.25, -0.2) is 26.3 Å². The number of fused-ring (bicyclic) bond motifs is 1. The standard InChI is InChI=1S/C30H23F6N3O3S/c1-2-13-37-43(40,41)22-11-9-20(10-12-22)42-21-6-3-5-18(14-21)29-23-7-4-8-25(30(34,35)36)28(23)38-39(29)17-24-26(32)15-19(31)16-27(24)33/h3-12,14-16,37H,2,13,17H2,1H3. The largest absolute Gasteiger partial charge is 0.457 e. The number of rotatable bonds is 9. The fourth-order valence-electron chi connectivity index (χ4n) is 4.52. The van der Waals surface area contributed by atoms with E-state index in [1.54, 1.807) is 18.2 Å². The van der Waals surface area contributed by atoms with Gasteiger partial charge in [0, 0.05) is 35.2 Å². The minimum atomic E-state index is -4.76. The van der Waals surface area contributed by atoms with E-state index < -0.39 is 56.8 Å². The minimum absolute atomic E-state index is 0.0400. The van der Waals surface area contributed by atoms with Crippen LogP contribution in [0, 0.1) is 17.5 Å². The highest BCUT2D eigenvalue weighted by Crippen LogP contribution is 2.39. The second-order valence-corrected chi connectivity index (χ2v) is 11.3.